The molecule has 1 N–H and O–H groups in total. The van der Waals surface area contributed by atoms with Crippen molar-refractivity contribution in [2.75, 3.05) is 25.6 Å². The number of nitriles is 1. The fraction of sp³-hybridized carbons (Fsp3) is 0.190. The van der Waals surface area contributed by atoms with Gasteiger partial charge in [0.25, 0.3) is 5.91 Å². The van der Waals surface area contributed by atoms with Crippen LogP contribution in [0.4, 0.5) is 5.69 Å². The fourth-order valence-electron chi connectivity index (χ4n) is 2.26. The molecule has 0 aliphatic carbocycles. The van der Waals surface area contributed by atoms with E-state index < -0.39 is 5.97 Å². The number of ether oxygens (including phenoxy) is 3. The molecule has 0 saturated heterocycles. The number of esters is 1. The molecule has 0 spiro atoms. The second-order valence-corrected chi connectivity index (χ2v) is 5.50. The zero-order valence-electron chi connectivity index (χ0n) is 15.6. The maximum atomic E-state index is 12.1. The minimum atomic E-state index is -0.668. The van der Waals surface area contributed by atoms with Crippen LogP contribution in [0.5, 0.6) is 11.5 Å². The number of rotatable bonds is 8. The molecule has 7 nitrogen and oxygen atoms in total. The Morgan fingerprint density at radius 3 is 2.50 bits per heavy atom. The normalized spacial score (nSPS) is 10.5. The molecule has 7 heteroatoms. The van der Waals surface area contributed by atoms with Crippen LogP contribution in [0.25, 0.3) is 6.08 Å². The van der Waals surface area contributed by atoms with Gasteiger partial charge in [-0.25, -0.2) is 4.79 Å². The van der Waals surface area contributed by atoms with Crippen LogP contribution >= 0.6 is 0 Å². The van der Waals surface area contributed by atoms with Gasteiger partial charge in [-0.2, -0.15) is 5.26 Å². The number of nitrogens with one attached hydrogen (secondary N) is 1. The van der Waals surface area contributed by atoms with Crippen molar-refractivity contribution in [1.29, 1.82) is 5.26 Å². The van der Waals surface area contributed by atoms with Crippen LogP contribution in [0.2, 0.25) is 0 Å². The first kappa shape index (κ1) is 20.5. The quantitative estimate of drug-likeness (QED) is 0.429. The van der Waals surface area contributed by atoms with Crippen molar-refractivity contribution in [2.24, 2.45) is 0 Å². The van der Waals surface area contributed by atoms with Crippen LogP contribution in [0.1, 0.15) is 12.5 Å². The molecule has 0 aromatic heterocycles. The molecular weight excluding hydrogens is 360 g/mol. The van der Waals surface area contributed by atoms with Gasteiger partial charge in [-0.05, 0) is 42.8 Å². The molecule has 0 heterocycles. The molecule has 2 rings (SSSR count). The van der Waals surface area contributed by atoms with Crippen molar-refractivity contribution in [3.63, 3.8) is 0 Å². The SMILES string of the molecule is CCOC(=O)/C(C#N)=C\c1ccc(OCC(=O)Nc2ccccc2OC)cc1. The van der Waals surface area contributed by atoms with E-state index in [0.717, 1.165) is 0 Å². The molecule has 0 radical (unpaired) electrons. The predicted molar refractivity (Wildman–Crippen MR) is 104 cm³/mol. The van der Waals surface area contributed by atoms with Gasteiger partial charge in [-0.15, -0.1) is 0 Å². The van der Waals surface area contributed by atoms with Gasteiger partial charge in [-0.3, -0.25) is 4.79 Å². The Labute approximate surface area is 163 Å². The molecule has 0 aliphatic heterocycles. The predicted octanol–water partition coefficient (Wildman–Crippen LogP) is 3.18. The van der Waals surface area contributed by atoms with Gasteiger partial charge < -0.3 is 19.5 Å². The minimum absolute atomic E-state index is 0.0910. The Morgan fingerprint density at radius 1 is 1.14 bits per heavy atom. The summed E-state index contributed by atoms with van der Waals surface area (Å²) in [6.07, 6.45) is 1.43. The number of nitrogens with zero attached hydrogens (tertiary/aromatic N) is 1. The fourth-order valence-corrected chi connectivity index (χ4v) is 2.26. The number of hydrogen-bond acceptors (Lipinski definition) is 6. The Morgan fingerprint density at radius 2 is 1.86 bits per heavy atom. The van der Waals surface area contributed by atoms with Crippen LogP contribution in [-0.2, 0) is 14.3 Å². The molecule has 1 amide bonds. The van der Waals surface area contributed by atoms with Crippen LogP contribution in [0.15, 0.2) is 54.1 Å². The highest BCUT2D eigenvalue weighted by Gasteiger charge is 2.10. The lowest BCUT2D eigenvalue weighted by Gasteiger charge is -2.10. The molecule has 0 atom stereocenters. The summed E-state index contributed by atoms with van der Waals surface area (Å²) in [6.45, 7) is 1.68. The Hall–Kier alpha value is -3.79. The lowest BCUT2D eigenvalue weighted by atomic mass is 10.1. The summed E-state index contributed by atoms with van der Waals surface area (Å²) in [5.74, 6) is 0.0322. The van der Waals surface area contributed by atoms with Gasteiger partial charge in [-0.1, -0.05) is 24.3 Å². The largest absolute Gasteiger partial charge is 0.495 e. The van der Waals surface area contributed by atoms with Gasteiger partial charge in [0.1, 0.15) is 23.1 Å². The highest BCUT2D eigenvalue weighted by atomic mass is 16.5. The van der Waals surface area contributed by atoms with Gasteiger partial charge in [0.05, 0.1) is 19.4 Å². The monoisotopic (exact) mass is 380 g/mol. The molecule has 0 fully saturated rings. The topological polar surface area (TPSA) is 97.7 Å². The molecule has 0 bridgehead atoms. The third kappa shape index (κ3) is 5.88. The summed E-state index contributed by atoms with van der Waals surface area (Å²) in [5, 5.41) is 11.8. The molecule has 0 unspecified atom stereocenters. The van der Waals surface area contributed by atoms with E-state index in [9.17, 15) is 9.59 Å². The van der Waals surface area contributed by atoms with E-state index in [2.05, 4.69) is 5.32 Å². The van der Waals surface area contributed by atoms with E-state index in [4.69, 9.17) is 19.5 Å². The molecule has 0 aliphatic rings. The van der Waals surface area contributed by atoms with E-state index in [1.165, 1.54) is 13.2 Å². The van der Waals surface area contributed by atoms with E-state index in [1.54, 1.807) is 55.5 Å². The first-order valence-electron chi connectivity index (χ1n) is 8.52. The standard InChI is InChI=1S/C21H20N2O5/c1-3-27-21(25)16(13-22)12-15-8-10-17(11-9-15)28-14-20(24)23-18-6-4-5-7-19(18)26-2/h4-12H,3,14H2,1-2H3,(H,23,24)/b16-12-. The van der Waals surface area contributed by atoms with Gasteiger partial charge in [0.2, 0.25) is 0 Å². The maximum Gasteiger partial charge on any atom is 0.348 e. The third-order valence-corrected chi connectivity index (χ3v) is 3.56. The van der Waals surface area contributed by atoms with Crippen molar-refractivity contribution in [3.8, 4) is 17.6 Å². The van der Waals surface area contributed by atoms with Gasteiger partial charge in [0.15, 0.2) is 6.61 Å². The number of carbonyl (C=O) groups excluding carboxylic acids is 2. The lowest BCUT2D eigenvalue weighted by Crippen LogP contribution is -2.20. The lowest BCUT2D eigenvalue weighted by molar-refractivity contribution is -0.137. The number of anilines is 1. The summed E-state index contributed by atoms with van der Waals surface area (Å²) in [7, 11) is 1.52. The number of hydrogen-bond donors (Lipinski definition) is 1. The molecule has 144 valence electrons. The van der Waals surface area contributed by atoms with E-state index >= 15 is 0 Å². The van der Waals surface area contributed by atoms with Crippen molar-refractivity contribution in [1.82, 2.24) is 0 Å². The van der Waals surface area contributed by atoms with Gasteiger partial charge in [0, 0.05) is 0 Å². The van der Waals surface area contributed by atoms with Crippen molar-refractivity contribution < 1.29 is 23.8 Å². The van der Waals surface area contributed by atoms with Crippen molar-refractivity contribution in [2.45, 2.75) is 6.92 Å². The third-order valence-electron chi connectivity index (χ3n) is 3.56. The summed E-state index contributed by atoms with van der Waals surface area (Å²) >= 11 is 0. The van der Waals surface area contributed by atoms with Crippen molar-refractivity contribution >= 4 is 23.6 Å². The summed E-state index contributed by atoms with van der Waals surface area (Å²) in [4.78, 5) is 23.7. The molecule has 28 heavy (non-hydrogen) atoms. The maximum absolute atomic E-state index is 12.1. The molecular formula is C21H20N2O5. The number of benzene rings is 2. The summed E-state index contributed by atoms with van der Waals surface area (Å²) in [5.41, 5.74) is 1.10. The van der Waals surface area contributed by atoms with E-state index in [1.807, 2.05) is 6.07 Å². The average molecular weight is 380 g/mol. The van der Waals surface area contributed by atoms with Crippen LogP contribution in [0.3, 0.4) is 0 Å². The first-order valence-corrected chi connectivity index (χ1v) is 8.52. The molecule has 0 saturated carbocycles. The minimum Gasteiger partial charge on any atom is -0.495 e. The van der Waals surface area contributed by atoms with Gasteiger partial charge >= 0.3 is 5.97 Å². The van der Waals surface area contributed by atoms with Crippen molar-refractivity contribution in [3.05, 3.63) is 59.7 Å². The molecule has 2 aromatic rings. The first-order chi connectivity index (χ1) is 13.6. The smallest absolute Gasteiger partial charge is 0.348 e. The van der Waals surface area contributed by atoms with Crippen LogP contribution in [-0.4, -0.2) is 32.2 Å². The van der Waals surface area contributed by atoms with E-state index in [0.29, 0.717) is 22.7 Å². The van der Waals surface area contributed by atoms with E-state index in [-0.39, 0.29) is 24.7 Å². The number of methoxy groups -OCH3 is 1. The van der Waals surface area contributed by atoms with Crippen LogP contribution in [0, 0.1) is 11.3 Å². The summed E-state index contributed by atoms with van der Waals surface area (Å²) in [6, 6.07) is 15.5. The zero-order chi connectivity index (χ0) is 20.4. The molecule has 2 aromatic carbocycles. The Kier molecular flexibility index (Phi) is 7.61. The highest BCUT2D eigenvalue weighted by Crippen LogP contribution is 2.23. The van der Waals surface area contributed by atoms with Crippen LogP contribution < -0.4 is 14.8 Å². The highest BCUT2D eigenvalue weighted by molar-refractivity contribution is 5.97. The summed E-state index contributed by atoms with van der Waals surface area (Å²) < 4.78 is 15.4. The second-order valence-electron chi connectivity index (χ2n) is 5.50. The zero-order valence-corrected chi connectivity index (χ0v) is 15.6. The number of amides is 1. The Bertz CT molecular complexity index is 898. The Balaban J connectivity index is 1.94. The number of para-hydroxylation sites is 2. The average Bonchev–Trinajstić information content (AvgIpc) is 2.72. The number of carbonyl (C=O) groups is 2. The second kappa shape index (κ2) is 10.4.